The second-order valence-electron chi connectivity index (χ2n) is 7.46. The van der Waals surface area contributed by atoms with Crippen molar-refractivity contribution in [3.63, 3.8) is 0 Å². The average molecular weight is 320 g/mol. The lowest BCUT2D eigenvalue weighted by atomic mass is 9.85. The quantitative estimate of drug-likeness (QED) is 0.670. The molecule has 23 heavy (non-hydrogen) atoms. The molecule has 1 aromatic rings. The Hall–Kier alpha value is -1.66. The molecule has 2 aliphatic rings. The van der Waals surface area contributed by atoms with Gasteiger partial charge in [0.05, 0.1) is 11.0 Å². The number of nitro groups is 1. The minimum atomic E-state index is -0.746. The fourth-order valence-corrected chi connectivity index (χ4v) is 3.95. The zero-order valence-electron chi connectivity index (χ0n) is 14.0. The van der Waals surface area contributed by atoms with Crippen molar-refractivity contribution in [1.29, 1.82) is 0 Å². The maximum atomic E-state index is 11.1. The summed E-state index contributed by atoms with van der Waals surface area (Å²) in [6.45, 7) is 8.94. The van der Waals surface area contributed by atoms with Gasteiger partial charge in [0, 0.05) is 30.3 Å². The molecule has 4 atom stereocenters. The van der Waals surface area contributed by atoms with Crippen LogP contribution < -0.4 is 4.74 Å². The minimum Gasteiger partial charge on any atom is -0.485 e. The van der Waals surface area contributed by atoms with Gasteiger partial charge >= 0.3 is 0 Å². The van der Waals surface area contributed by atoms with Crippen LogP contribution in [-0.4, -0.2) is 39.2 Å². The summed E-state index contributed by atoms with van der Waals surface area (Å²) in [4.78, 5) is 13.0. The summed E-state index contributed by atoms with van der Waals surface area (Å²) >= 11 is 0. The average Bonchev–Trinajstić information content (AvgIpc) is 2.78. The van der Waals surface area contributed by atoms with Gasteiger partial charge in [0.15, 0.2) is 0 Å². The van der Waals surface area contributed by atoms with Gasteiger partial charge in [-0.3, -0.25) is 15.0 Å². The number of fused-ring (bicyclic) bond motifs is 1. The van der Waals surface area contributed by atoms with Crippen LogP contribution in [0.4, 0.5) is 5.69 Å². The second kappa shape index (κ2) is 5.46. The number of non-ortho nitro benzene ring substituents is 1. The summed E-state index contributed by atoms with van der Waals surface area (Å²) in [7, 11) is 0. The lowest BCUT2D eigenvalue weighted by molar-refractivity contribution is -0.385. The molecule has 0 spiro atoms. The third-order valence-corrected chi connectivity index (χ3v) is 5.10. The van der Waals surface area contributed by atoms with Crippen LogP contribution >= 0.6 is 0 Å². The van der Waals surface area contributed by atoms with Crippen LogP contribution in [0.1, 0.15) is 45.7 Å². The maximum Gasteiger partial charge on any atom is 0.270 e. The van der Waals surface area contributed by atoms with E-state index in [0.717, 1.165) is 13.0 Å². The smallest absolute Gasteiger partial charge is 0.270 e. The van der Waals surface area contributed by atoms with Crippen LogP contribution in [0.5, 0.6) is 5.75 Å². The Morgan fingerprint density at radius 3 is 2.65 bits per heavy atom. The van der Waals surface area contributed by atoms with Crippen molar-refractivity contribution in [2.24, 2.45) is 5.92 Å². The molecule has 2 unspecified atom stereocenters. The predicted octanol–water partition coefficient (Wildman–Crippen LogP) is 2.90. The topological polar surface area (TPSA) is 75.8 Å². The molecule has 0 aromatic heterocycles. The van der Waals surface area contributed by atoms with E-state index in [1.165, 1.54) is 6.07 Å². The first-order chi connectivity index (χ1) is 10.7. The lowest BCUT2D eigenvalue weighted by Gasteiger charge is -2.46. The van der Waals surface area contributed by atoms with Crippen LogP contribution in [0.2, 0.25) is 0 Å². The first-order valence-electron chi connectivity index (χ1n) is 8.12. The van der Waals surface area contributed by atoms with Gasteiger partial charge < -0.3 is 9.84 Å². The number of benzene rings is 1. The highest BCUT2D eigenvalue weighted by molar-refractivity contribution is 5.48. The van der Waals surface area contributed by atoms with Gasteiger partial charge in [0.25, 0.3) is 5.69 Å². The van der Waals surface area contributed by atoms with E-state index >= 15 is 0 Å². The van der Waals surface area contributed by atoms with Gasteiger partial charge in [-0.25, -0.2) is 0 Å². The number of nitrogens with zero attached hydrogens (tertiary/aromatic N) is 2. The number of hydrogen-bond acceptors (Lipinski definition) is 5. The molecule has 2 heterocycles. The molecule has 0 aliphatic carbocycles. The van der Waals surface area contributed by atoms with E-state index in [9.17, 15) is 15.2 Å². The minimum absolute atomic E-state index is 0.0316. The molecule has 0 radical (unpaired) electrons. The Labute approximate surface area is 136 Å². The predicted molar refractivity (Wildman–Crippen MR) is 86.5 cm³/mol. The molecule has 126 valence electrons. The van der Waals surface area contributed by atoms with Crippen molar-refractivity contribution in [3.8, 4) is 5.75 Å². The first-order valence-corrected chi connectivity index (χ1v) is 8.12. The monoisotopic (exact) mass is 320 g/mol. The Bertz CT molecular complexity index is 631. The Balaban J connectivity index is 2.10. The summed E-state index contributed by atoms with van der Waals surface area (Å²) in [6, 6.07) is 4.70. The normalized spacial score (nSPS) is 33.1. The van der Waals surface area contributed by atoms with Gasteiger partial charge in [-0.1, -0.05) is 6.92 Å². The van der Waals surface area contributed by atoms with E-state index in [0.29, 0.717) is 23.3 Å². The largest absolute Gasteiger partial charge is 0.485 e. The molecule has 0 bridgehead atoms. The van der Waals surface area contributed by atoms with Crippen LogP contribution in [0, 0.1) is 16.0 Å². The van der Waals surface area contributed by atoms with Gasteiger partial charge in [-0.15, -0.1) is 0 Å². The third-order valence-electron chi connectivity index (χ3n) is 5.10. The zero-order chi connectivity index (χ0) is 16.9. The molecule has 3 rings (SSSR count). The van der Waals surface area contributed by atoms with E-state index in [1.807, 2.05) is 13.8 Å². The van der Waals surface area contributed by atoms with Gasteiger partial charge in [-0.2, -0.15) is 0 Å². The number of aliphatic hydroxyl groups is 1. The van der Waals surface area contributed by atoms with Crippen molar-refractivity contribution >= 4 is 5.69 Å². The summed E-state index contributed by atoms with van der Waals surface area (Å²) < 4.78 is 5.92. The fourth-order valence-electron chi connectivity index (χ4n) is 3.95. The van der Waals surface area contributed by atoms with Crippen LogP contribution in [-0.2, 0) is 0 Å². The first kappa shape index (κ1) is 16.2. The number of likely N-dealkylation sites (tertiary alicyclic amines) is 1. The number of hydrogen-bond donors (Lipinski definition) is 1. The highest BCUT2D eigenvalue weighted by Crippen LogP contribution is 2.46. The number of aliphatic hydroxyl groups excluding tert-OH is 1. The molecule has 1 aromatic carbocycles. The van der Waals surface area contributed by atoms with Crippen LogP contribution in [0.25, 0.3) is 0 Å². The summed E-state index contributed by atoms with van der Waals surface area (Å²) in [5.74, 6) is 1.17. The van der Waals surface area contributed by atoms with E-state index in [-0.39, 0.29) is 11.7 Å². The molecule has 1 N–H and O–H groups in total. The van der Waals surface area contributed by atoms with Gasteiger partial charge in [-0.05, 0) is 39.2 Å². The number of rotatable bonds is 2. The molecule has 0 amide bonds. The Morgan fingerprint density at radius 1 is 1.39 bits per heavy atom. The number of ether oxygens (including phenoxy) is 1. The zero-order valence-corrected chi connectivity index (χ0v) is 14.0. The molecular weight excluding hydrogens is 296 g/mol. The highest BCUT2D eigenvalue weighted by Gasteiger charge is 2.48. The molecule has 6 nitrogen and oxygen atoms in total. The molecule has 0 saturated carbocycles. The lowest BCUT2D eigenvalue weighted by Crippen LogP contribution is -2.54. The maximum absolute atomic E-state index is 11.1. The molecule has 2 aliphatic heterocycles. The van der Waals surface area contributed by atoms with E-state index in [2.05, 4.69) is 18.7 Å². The summed E-state index contributed by atoms with van der Waals surface area (Å²) in [5, 5.41) is 22.0. The molecular formula is C17H24N2O4. The Kier molecular flexibility index (Phi) is 3.84. The van der Waals surface area contributed by atoms with E-state index in [1.54, 1.807) is 12.1 Å². The van der Waals surface area contributed by atoms with Crippen molar-refractivity contribution in [2.75, 3.05) is 6.54 Å². The third kappa shape index (κ3) is 2.70. The van der Waals surface area contributed by atoms with Crippen molar-refractivity contribution < 1.29 is 14.8 Å². The van der Waals surface area contributed by atoms with Crippen molar-refractivity contribution in [1.82, 2.24) is 4.90 Å². The van der Waals surface area contributed by atoms with Crippen LogP contribution in [0.15, 0.2) is 18.2 Å². The van der Waals surface area contributed by atoms with Gasteiger partial charge in [0.1, 0.15) is 17.5 Å². The highest BCUT2D eigenvalue weighted by atomic mass is 16.6. The SMILES string of the molecule is C[C@@H]1C[C@@H](C)N(C2c3cc([N+](=O)[O-])ccc3OC(C)(C)C2O)C1. The van der Waals surface area contributed by atoms with E-state index < -0.39 is 16.6 Å². The number of nitro benzene ring substituents is 1. The summed E-state index contributed by atoms with van der Waals surface area (Å²) in [6.07, 6.45) is 0.319. The standard InChI is InChI=1S/C17H24N2O4/c1-10-7-11(2)18(9-10)15-13-8-12(19(21)22)5-6-14(13)23-17(3,4)16(15)20/h5-6,8,10-11,15-16,20H,7,9H2,1-4H3/t10-,11-,15?,16?/m1/s1. The second-order valence-corrected chi connectivity index (χ2v) is 7.46. The fraction of sp³-hybridized carbons (Fsp3) is 0.647. The van der Waals surface area contributed by atoms with Crippen molar-refractivity contribution in [2.45, 2.75) is 57.9 Å². The van der Waals surface area contributed by atoms with E-state index in [4.69, 9.17) is 4.74 Å². The molecule has 1 fully saturated rings. The van der Waals surface area contributed by atoms with Crippen molar-refractivity contribution in [3.05, 3.63) is 33.9 Å². The summed E-state index contributed by atoms with van der Waals surface area (Å²) in [5.41, 5.74) is 0.00966. The van der Waals surface area contributed by atoms with Crippen LogP contribution in [0.3, 0.4) is 0 Å². The van der Waals surface area contributed by atoms with Gasteiger partial charge in [0.2, 0.25) is 0 Å². The molecule has 6 heteroatoms. The molecule has 1 saturated heterocycles. The Morgan fingerprint density at radius 2 is 2.09 bits per heavy atom.